The van der Waals surface area contributed by atoms with Crippen LogP contribution in [-0.4, -0.2) is 25.0 Å². The van der Waals surface area contributed by atoms with Crippen molar-refractivity contribution in [3.8, 4) is 5.75 Å². The van der Waals surface area contributed by atoms with Crippen molar-refractivity contribution in [2.24, 2.45) is 0 Å². The number of hydrogen-bond acceptors (Lipinski definition) is 3. The molecule has 1 heterocycles. The highest BCUT2D eigenvalue weighted by Gasteiger charge is 2.18. The molecule has 0 unspecified atom stereocenters. The second-order valence-electron chi connectivity index (χ2n) is 3.90. The zero-order chi connectivity index (χ0) is 13.8. The maximum Gasteiger partial charge on any atom is 0.262 e. The molecule has 1 aromatic heterocycles. The lowest BCUT2D eigenvalue weighted by Crippen LogP contribution is -2.27. The van der Waals surface area contributed by atoms with Crippen LogP contribution >= 0.6 is 0 Å². The summed E-state index contributed by atoms with van der Waals surface area (Å²) in [5.41, 5.74) is -0.0195. The van der Waals surface area contributed by atoms with Gasteiger partial charge in [0.25, 0.3) is 5.91 Å². The highest BCUT2D eigenvalue weighted by molar-refractivity contribution is 6.05. The summed E-state index contributed by atoms with van der Waals surface area (Å²) in [4.78, 5) is 17.5. The lowest BCUT2D eigenvalue weighted by molar-refractivity contribution is 0.0988. The molecule has 0 aliphatic carbocycles. The first-order chi connectivity index (χ1) is 9.13. The number of benzene rings is 1. The molecule has 0 spiro atoms. The molecule has 0 saturated carbocycles. The molecule has 0 bridgehead atoms. The van der Waals surface area contributed by atoms with Gasteiger partial charge < -0.3 is 4.74 Å². The van der Waals surface area contributed by atoms with E-state index in [-0.39, 0.29) is 5.56 Å². The molecule has 0 aliphatic heterocycles. The van der Waals surface area contributed by atoms with Crippen LogP contribution in [0.5, 0.6) is 5.75 Å². The fourth-order valence-corrected chi connectivity index (χ4v) is 1.63. The van der Waals surface area contributed by atoms with Crippen LogP contribution in [0, 0.1) is 5.82 Å². The first-order valence-corrected chi connectivity index (χ1v) is 5.66. The third-order valence-corrected chi connectivity index (χ3v) is 2.70. The molecule has 0 N–H and O–H groups in total. The maximum atomic E-state index is 13.8. The minimum Gasteiger partial charge on any atom is -0.497 e. The Bertz CT molecular complexity index is 587. The zero-order valence-electron chi connectivity index (χ0n) is 10.6. The Morgan fingerprint density at radius 3 is 2.68 bits per heavy atom. The van der Waals surface area contributed by atoms with Crippen molar-refractivity contribution in [3.05, 3.63) is 54.0 Å². The second kappa shape index (κ2) is 5.48. The number of methoxy groups -OCH3 is 1. The summed E-state index contributed by atoms with van der Waals surface area (Å²) in [5.74, 6) is -0.247. The number of nitrogens with zero attached hydrogens (tertiary/aromatic N) is 2. The van der Waals surface area contributed by atoms with E-state index in [1.165, 1.54) is 24.1 Å². The number of carbonyl (C=O) groups excluding carboxylic acids is 1. The van der Waals surface area contributed by atoms with Crippen molar-refractivity contribution in [2.75, 3.05) is 19.1 Å². The monoisotopic (exact) mass is 260 g/mol. The first-order valence-electron chi connectivity index (χ1n) is 5.66. The van der Waals surface area contributed by atoms with E-state index in [1.807, 2.05) is 0 Å². The Morgan fingerprint density at radius 2 is 2.11 bits per heavy atom. The Hall–Kier alpha value is -2.43. The van der Waals surface area contributed by atoms with Gasteiger partial charge in [-0.1, -0.05) is 6.07 Å². The number of amides is 1. The number of anilines is 1. The van der Waals surface area contributed by atoms with Gasteiger partial charge in [0, 0.05) is 19.3 Å². The third kappa shape index (κ3) is 2.70. The summed E-state index contributed by atoms with van der Waals surface area (Å²) in [6.07, 6.45) is 1.57. The van der Waals surface area contributed by atoms with Crippen LogP contribution in [0.2, 0.25) is 0 Å². The quantitative estimate of drug-likeness (QED) is 0.851. The Labute approximate surface area is 110 Å². The summed E-state index contributed by atoms with van der Waals surface area (Å²) in [7, 11) is 2.99. The van der Waals surface area contributed by atoms with Gasteiger partial charge in [-0.3, -0.25) is 9.69 Å². The molecule has 4 nitrogen and oxygen atoms in total. The first kappa shape index (κ1) is 13.0. The molecule has 0 aliphatic rings. The third-order valence-electron chi connectivity index (χ3n) is 2.70. The van der Waals surface area contributed by atoms with Crippen molar-refractivity contribution >= 4 is 11.7 Å². The SMILES string of the molecule is COc1ccc(C(=O)N(C)c2ccccn2)c(F)c1. The van der Waals surface area contributed by atoms with E-state index in [0.29, 0.717) is 11.6 Å². The van der Waals surface area contributed by atoms with Gasteiger partial charge in [0.2, 0.25) is 0 Å². The largest absolute Gasteiger partial charge is 0.497 e. The summed E-state index contributed by atoms with van der Waals surface area (Å²) in [5, 5.41) is 0. The van der Waals surface area contributed by atoms with E-state index in [1.54, 1.807) is 37.5 Å². The summed E-state index contributed by atoms with van der Waals surface area (Å²) in [6.45, 7) is 0. The van der Waals surface area contributed by atoms with Crippen LogP contribution in [-0.2, 0) is 0 Å². The van der Waals surface area contributed by atoms with Crippen LogP contribution in [0.25, 0.3) is 0 Å². The minimum absolute atomic E-state index is 0.0195. The van der Waals surface area contributed by atoms with Crippen LogP contribution < -0.4 is 9.64 Å². The molecular formula is C14H13FN2O2. The number of carbonyl (C=O) groups is 1. The maximum absolute atomic E-state index is 13.8. The number of pyridine rings is 1. The number of hydrogen-bond donors (Lipinski definition) is 0. The van der Waals surface area contributed by atoms with Crippen LogP contribution in [0.4, 0.5) is 10.2 Å². The molecule has 19 heavy (non-hydrogen) atoms. The molecule has 0 atom stereocenters. The van der Waals surface area contributed by atoms with E-state index in [4.69, 9.17) is 4.74 Å². The molecule has 5 heteroatoms. The number of aromatic nitrogens is 1. The van der Waals surface area contributed by atoms with E-state index in [2.05, 4.69) is 4.98 Å². The fourth-order valence-electron chi connectivity index (χ4n) is 1.63. The Balaban J connectivity index is 2.29. The van der Waals surface area contributed by atoms with Crippen molar-refractivity contribution in [1.82, 2.24) is 4.98 Å². The van der Waals surface area contributed by atoms with Crippen molar-refractivity contribution < 1.29 is 13.9 Å². The van der Waals surface area contributed by atoms with Crippen LogP contribution in [0.15, 0.2) is 42.6 Å². The molecule has 0 fully saturated rings. The van der Waals surface area contributed by atoms with Gasteiger partial charge in [-0.15, -0.1) is 0 Å². The highest BCUT2D eigenvalue weighted by Crippen LogP contribution is 2.19. The number of halogens is 1. The average molecular weight is 260 g/mol. The molecule has 2 rings (SSSR count). The van der Waals surface area contributed by atoms with E-state index in [9.17, 15) is 9.18 Å². The topological polar surface area (TPSA) is 42.4 Å². The van der Waals surface area contributed by atoms with Crippen LogP contribution in [0.3, 0.4) is 0 Å². The van der Waals surface area contributed by atoms with Crippen molar-refractivity contribution in [2.45, 2.75) is 0 Å². The summed E-state index contributed by atoms with van der Waals surface area (Å²) < 4.78 is 18.7. The molecule has 0 radical (unpaired) electrons. The molecule has 98 valence electrons. The van der Waals surface area contributed by atoms with Crippen LogP contribution in [0.1, 0.15) is 10.4 Å². The van der Waals surface area contributed by atoms with E-state index < -0.39 is 11.7 Å². The lowest BCUT2D eigenvalue weighted by atomic mass is 10.2. The van der Waals surface area contributed by atoms with Gasteiger partial charge >= 0.3 is 0 Å². The predicted octanol–water partition coefficient (Wildman–Crippen LogP) is 2.51. The number of rotatable bonds is 3. The smallest absolute Gasteiger partial charge is 0.262 e. The normalized spacial score (nSPS) is 10.1. The van der Waals surface area contributed by atoms with Gasteiger partial charge in [-0.2, -0.15) is 0 Å². The molecule has 1 amide bonds. The Kier molecular flexibility index (Phi) is 3.75. The van der Waals surface area contributed by atoms with Crippen molar-refractivity contribution in [3.63, 3.8) is 0 Å². The zero-order valence-corrected chi connectivity index (χ0v) is 10.6. The van der Waals surface area contributed by atoms with E-state index >= 15 is 0 Å². The van der Waals surface area contributed by atoms with Gasteiger partial charge in [0.05, 0.1) is 12.7 Å². The second-order valence-corrected chi connectivity index (χ2v) is 3.90. The fraction of sp³-hybridized carbons (Fsp3) is 0.143. The molecular weight excluding hydrogens is 247 g/mol. The standard InChI is InChI=1S/C14H13FN2O2/c1-17(13-5-3-4-8-16-13)14(18)11-7-6-10(19-2)9-12(11)15/h3-9H,1-2H3. The van der Waals surface area contributed by atoms with Gasteiger partial charge in [0.1, 0.15) is 17.4 Å². The van der Waals surface area contributed by atoms with Gasteiger partial charge in [-0.05, 0) is 24.3 Å². The molecule has 0 saturated heterocycles. The summed E-state index contributed by atoms with van der Waals surface area (Å²) in [6, 6.07) is 9.31. The number of ether oxygens (including phenoxy) is 1. The highest BCUT2D eigenvalue weighted by atomic mass is 19.1. The van der Waals surface area contributed by atoms with Gasteiger partial charge in [-0.25, -0.2) is 9.37 Å². The van der Waals surface area contributed by atoms with Gasteiger partial charge in [0.15, 0.2) is 0 Å². The molecule has 1 aromatic carbocycles. The minimum atomic E-state index is -0.618. The van der Waals surface area contributed by atoms with Crippen molar-refractivity contribution in [1.29, 1.82) is 0 Å². The summed E-state index contributed by atoms with van der Waals surface area (Å²) >= 11 is 0. The Morgan fingerprint density at radius 1 is 1.32 bits per heavy atom. The lowest BCUT2D eigenvalue weighted by Gasteiger charge is -2.16. The van der Waals surface area contributed by atoms with E-state index in [0.717, 1.165) is 0 Å². The average Bonchev–Trinajstić information content (AvgIpc) is 2.46. The predicted molar refractivity (Wildman–Crippen MR) is 69.9 cm³/mol. The molecule has 2 aromatic rings.